The molecule has 1 fully saturated rings. The molecule has 7 nitrogen and oxygen atoms in total. The molecule has 212 valence electrons. The summed E-state index contributed by atoms with van der Waals surface area (Å²) >= 11 is 0. The zero-order valence-corrected chi connectivity index (χ0v) is 23.7. The monoisotopic (exact) mass is 565 g/mol. The molecule has 0 saturated heterocycles. The van der Waals surface area contributed by atoms with Crippen molar-refractivity contribution in [3.63, 3.8) is 0 Å². The second-order valence-electron chi connectivity index (χ2n) is 10.3. The summed E-state index contributed by atoms with van der Waals surface area (Å²) in [6, 6.07) is 19.8. The predicted molar refractivity (Wildman–Crippen MR) is 154 cm³/mol. The third-order valence-electron chi connectivity index (χ3n) is 7.35. The number of carbonyl (C=O) groups excluding carboxylic acids is 2. The molecule has 40 heavy (non-hydrogen) atoms. The molecule has 1 N–H and O–H groups in total. The summed E-state index contributed by atoms with van der Waals surface area (Å²) in [5.74, 6) is -1.47. The summed E-state index contributed by atoms with van der Waals surface area (Å²) in [5.41, 5.74) is 1.48. The number of nitrogens with one attached hydrogen (secondary N) is 1. The van der Waals surface area contributed by atoms with Gasteiger partial charge in [0.15, 0.2) is 0 Å². The zero-order valence-electron chi connectivity index (χ0n) is 22.9. The number of nitrogens with zero attached hydrogens (tertiary/aromatic N) is 2. The fraction of sp³-hybridized carbons (Fsp3) is 0.355. The molecule has 4 rings (SSSR count). The van der Waals surface area contributed by atoms with Crippen LogP contribution in [0.5, 0.6) is 0 Å². The minimum Gasteiger partial charge on any atom is -0.352 e. The van der Waals surface area contributed by atoms with Crippen molar-refractivity contribution < 1.29 is 22.4 Å². The largest absolute Gasteiger partial charge is 0.352 e. The minimum atomic E-state index is -4.13. The molecular weight excluding hydrogens is 529 g/mol. The number of sulfonamides is 1. The van der Waals surface area contributed by atoms with Crippen LogP contribution >= 0.6 is 0 Å². The fourth-order valence-electron chi connectivity index (χ4n) is 4.92. The van der Waals surface area contributed by atoms with Gasteiger partial charge in [0.25, 0.3) is 10.0 Å². The maximum Gasteiger partial charge on any atom is 0.264 e. The SMILES string of the molecule is Cc1ccc(N(CC(=O)N(Cc2ccccc2F)[C@H](C)C(=O)NC2CCCCC2)S(=O)(=O)c2ccccc2)cc1. The molecule has 0 radical (unpaired) electrons. The number of hydrogen-bond acceptors (Lipinski definition) is 4. The molecule has 0 heterocycles. The van der Waals surface area contributed by atoms with Gasteiger partial charge in [0.2, 0.25) is 11.8 Å². The van der Waals surface area contributed by atoms with Crippen LogP contribution in [0.1, 0.15) is 50.2 Å². The maximum absolute atomic E-state index is 14.7. The fourth-order valence-corrected chi connectivity index (χ4v) is 6.36. The number of halogens is 1. The van der Waals surface area contributed by atoms with Gasteiger partial charge in [-0.3, -0.25) is 13.9 Å². The van der Waals surface area contributed by atoms with Crippen molar-refractivity contribution in [2.45, 2.75) is 69.5 Å². The molecule has 0 aromatic heterocycles. The lowest BCUT2D eigenvalue weighted by Crippen LogP contribution is -2.53. The van der Waals surface area contributed by atoms with Gasteiger partial charge in [0.05, 0.1) is 10.6 Å². The second-order valence-corrected chi connectivity index (χ2v) is 12.2. The van der Waals surface area contributed by atoms with E-state index in [4.69, 9.17) is 0 Å². The summed E-state index contributed by atoms with van der Waals surface area (Å²) in [7, 11) is -4.13. The topological polar surface area (TPSA) is 86.8 Å². The van der Waals surface area contributed by atoms with Gasteiger partial charge in [-0.15, -0.1) is 0 Å². The Morgan fingerprint density at radius 1 is 0.925 bits per heavy atom. The molecule has 9 heteroatoms. The number of benzene rings is 3. The molecule has 1 aliphatic carbocycles. The molecule has 0 aliphatic heterocycles. The average Bonchev–Trinajstić information content (AvgIpc) is 2.96. The molecule has 3 aromatic carbocycles. The Hall–Kier alpha value is -3.72. The maximum atomic E-state index is 14.7. The first kappa shape index (κ1) is 29.3. The Bertz CT molecular complexity index is 1410. The van der Waals surface area contributed by atoms with Crippen LogP contribution in [0.3, 0.4) is 0 Å². The Kier molecular flexibility index (Phi) is 9.58. The van der Waals surface area contributed by atoms with Crippen molar-refractivity contribution in [2.75, 3.05) is 10.8 Å². The van der Waals surface area contributed by atoms with Crippen LogP contribution in [0.15, 0.2) is 83.8 Å². The van der Waals surface area contributed by atoms with Crippen molar-refractivity contribution >= 4 is 27.5 Å². The van der Waals surface area contributed by atoms with E-state index in [2.05, 4.69) is 5.32 Å². The van der Waals surface area contributed by atoms with Gasteiger partial charge in [0.1, 0.15) is 18.4 Å². The Morgan fingerprint density at radius 2 is 1.55 bits per heavy atom. The highest BCUT2D eigenvalue weighted by atomic mass is 32.2. The van der Waals surface area contributed by atoms with E-state index in [1.807, 2.05) is 6.92 Å². The smallest absolute Gasteiger partial charge is 0.264 e. The normalized spacial score (nSPS) is 14.8. The van der Waals surface area contributed by atoms with Gasteiger partial charge in [-0.1, -0.05) is 73.4 Å². The molecule has 0 spiro atoms. The quantitative estimate of drug-likeness (QED) is 0.366. The molecule has 1 saturated carbocycles. The van der Waals surface area contributed by atoms with Crippen molar-refractivity contribution in [1.82, 2.24) is 10.2 Å². The molecule has 0 unspecified atom stereocenters. The van der Waals surface area contributed by atoms with Crippen molar-refractivity contribution in [3.8, 4) is 0 Å². The first-order valence-electron chi connectivity index (χ1n) is 13.6. The summed E-state index contributed by atoms with van der Waals surface area (Å²) in [6.45, 7) is 2.74. The lowest BCUT2D eigenvalue weighted by Gasteiger charge is -2.33. The highest BCUT2D eigenvalue weighted by molar-refractivity contribution is 7.92. The van der Waals surface area contributed by atoms with Crippen molar-refractivity contribution in [3.05, 3.63) is 95.8 Å². The van der Waals surface area contributed by atoms with E-state index in [-0.39, 0.29) is 29.0 Å². The number of anilines is 1. The molecule has 1 aliphatic rings. The Labute approximate surface area is 236 Å². The summed E-state index contributed by atoms with van der Waals surface area (Å²) < 4.78 is 43.3. The van der Waals surface area contributed by atoms with Crippen LogP contribution < -0.4 is 9.62 Å². The minimum absolute atomic E-state index is 0.0247. The van der Waals surface area contributed by atoms with E-state index in [1.165, 1.54) is 23.1 Å². The summed E-state index contributed by atoms with van der Waals surface area (Å²) in [6.07, 6.45) is 4.93. The standard InChI is InChI=1S/C31H36FN3O4S/c1-23-17-19-27(20-18-23)35(40(38,39)28-14-7-4-8-15-28)22-30(36)34(21-25-11-9-10-16-29(25)32)24(2)31(37)33-26-12-5-3-6-13-26/h4,7-11,14-20,24,26H,3,5-6,12-13,21-22H2,1-2H3,(H,33,37)/t24-/m1/s1. The van der Waals surface area contributed by atoms with E-state index >= 15 is 0 Å². The first-order valence-corrected chi connectivity index (χ1v) is 15.1. The van der Waals surface area contributed by atoms with E-state index in [9.17, 15) is 22.4 Å². The average molecular weight is 566 g/mol. The lowest BCUT2D eigenvalue weighted by molar-refractivity contribution is -0.139. The van der Waals surface area contributed by atoms with E-state index in [0.29, 0.717) is 5.69 Å². The van der Waals surface area contributed by atoms with Gasteiger partial charge in [0, 0.05) is 18.2 Å². The van der Waals surface area contributed by atoms with E-state index < -0.39 is 34.3 Å². The third kappa shape index (κ3) is 7.07. The third-order valence-corrected chi connectivity index (χ3v) is 9.14. The molecule has 3 aromatic rings. The van der Waals surface area contributed by atoms with Gasteiger partial charge in [-0.05, 0) is 57.0 Å². The van der Waals surface area contributed by atoms with Crippen LogP contribution in [-0.4, -0.2) is 43.8 Å². The number of rotatable bonds is 10. The summed E-state index contributed by atoms with van der Waals surface area (Å²) in [5, 5.41) is 3.04. The van der Waals surface area contributed by atoms with Gasteiger partial charge < -0.3 is 10.2 Å². The number of aryl methyl sites for hydroxylation is 1. The van der Waals surface area contributed by atoms with Gasteiger partial charge >= 0.3 is 0 Å². The van der Waals surface area contributed by atoms with E-state index in [1.54, 1.807) is 67.6 Å². The van der Waals surface area contributed by atoms with Crippen LogP contribution in [0.2, 0.25) is 0 Å². The second kappa shape index (κ2) is 13.1. The van der Waals surface area contributed by atoms with Gasteiger partial charge in [-0.25, -0.2) is 12.8 Å². The van der Waals surface area contributed by atoms with Crippen LogP contribution in [0, 0.1) is 12.7 Å². The molecule has 2 amide bonds. The highest BCUT2D eigenvalue weighted by Crippen LogP contribution is 2.25. The Balaban J connectivity index is 1.67. The molecule has 1 atom stereocenters. The van der Waals surface area contributed by atoms with Crippen LogP contribution in [-0.2, 0) is 26.2 Å². The molecular formula is C31H36FN3O4S. The molecule has 0 bridgehead atoms. The number of carbonyl (C=O) groups is 2. The lowest BCUT2D eigenvalue weighted by atomic mass is 9.95. The number of hydrogen-bond donors (Lipinski definition) is 1. The first-order chi connectivity index (χ1) is 19.2. The summed E-state index contributed by atoms with van der Waals surface area (Å²) in [4.78, 5) is 28.6. The van der Waals surface area contributed by atoms with Crippen LogP contribution in [0.25, 0.3) is 0 Å². The van der Waals surface area contributed by atoms with E-state index in [0.717, 1.165) is 42.0 Å². The number of amides is 2. The van der Waals surface area contributed by atoms with Crippen LogP contribution in [0.4, 0.5) is 10.1 Å². The Morgan fingerprint density at radius 3 is 2.20 bits per heavy atom. The van der Waals surface area contributed by atoms with Gasteiger partial charge in [-0.2, -0.15) is 0 Å². The van der Waals surface area contributed by atoms with Crippen molar-refractivity contribution in [1.29, 1.82) is 0 Å². The highest BCUT2D eigenvalue weighted by Gasteiger charge is 2.33. The van der Waals surface area contributed by atoms with Crippen molar-refractivity contribution in [2.24, 2.45) is 0 Å². The predicted octanol–water partition coefficient (Wildman–Crippen LogP) is 5.20. The zero-order chi connectivity index (χ0) is 28.7.